The minimum atomic E-state index is -0.665. The van der Waals surface area contributed by atoms with Crippen molar-refractivity contribution < 1.29 is 18.9 Å². The standard InChI is InChI=1S/C31H58BN5O4/c1-7-8-9-10-11-12-13-16-27(38)36-23(15-14-17-35-29(33)34)28(39)37-26(18-21(2)3)32-40-25-20-22-19-24(30(22,4)5)31(25,6)41-32/h21-26H,7-20H2,1-6H3,(H,36,38)(H,37,39)(H4,33,34,35)/t22-,23+,24-,25-,26+,31+/m1/s1. The van der Waals surface area contributed by atoms with Crippen LogP contribution in [0.15, 0.2) is 4.99 Å². The minimum Gasteiger partial charge on any atom is -0.404 e. The van der Waals surface area contributed by atoms with E-state index in [9.17, 15) is 9.59 Å². The maximum absolute atomic E-state index is 13.7. The first-order valence-corrected chi connectivity index (χ1v) is 16.4. The molecule has 0 aromatic carbocycles. The summed E-state index contributed by atoms with van der Waals surface area (Å²) in [6.07, 6.45) is 12.4. The number of hydrogen-bond donors (Lipinski definition) is 4. The van der Waals surface area contributed by atoms with Gasteiger partial charge in [0, 0.05) is 13.0 Å². The molecular weight excluding hydrogens is 517 g/mol. The summed E-state index contributed by atoms with van der Waals surface area (Å²) in [5.41, 5.74) is 10.9. The summed E-state index contributed by atoms with van der Waals surface area (Å²) in [4.78, 5) is 30.6. The summed E-state index contributed by atoms with van der Waals surface area (Å²) >= 11 is 0. The largest absolute Gasteiger partial charge is 0.481 e. The first-order valence-electron chi connectivity index (χ1n) is 16.4. The number of unbranched alkanes of at least 4 members (excludes halogenated alkanes) is 6. The Bertz CT molecular complexity index is 896. The summed E-state index contributed by atoms with van der Waals surface area (Å²) in [7, 11) is -0.503. The van der Waals surface area contributed by atoms with E-state index in [2.05, 4.69) is 57.2 Å². The Morgan fingerprint density at radius 1 is 1.00 bits per heavy atom. The van der Waals surface area contributed by atoms with Crippen molar-refractivity contribution in [2.75, 3.05) is 6.54 Å². The van der Waals surface area contributed by atoms with Crippen molar-refractivity contribution in [3.63, 3.8) is 0 Å². The van der Waals surface area contributed by atoms with Crippen molar-refractivity contribution >= 4 is 24.9 Å². The minimum absolute atomic E-state index is 0.0255. The van der Waals surface area contributed by atoms with E-state index in [1.54, 1.807) is 0 Å². The molecule has 1 heterocycles. The van der Waals surface area contributed by atoms with Crippen LogP contribution in [0, 0.1) is 23.2 Å². The summed E-state index contributed by atoms with van der Waals surface area (Å²) in [5.74, 6) is 0.879. The molecule has 0 radical (unpaired) electrons. The first-order chi connectivity index (χ1) is 19.4. The lowest BCUT2D eigenvalue weighted by molar-refractivity contribution is -0.199. The maximum Gasteiger partial charge on any atom is 0.481 e. The molecular formula is C31H58BN5O4. The van der Waals surface area contributed by atoms with Gasteiger partial charge in [0.05, 0.1) is 17.6 Å². The first kappa shape index (κ1) is 33.7. The van der Waals surface area contributed by atoms with Gasteiger partial charge in [0.1, 0.15) is 6.04 Å². The molecule has 234 valence electrons. The van der Waals surface area contributed by atoms with Gasteiger partial charge in [-0.15, -0.1) is 0 Å². The molecule has 3 aliphatic carbocycles. The molecule has 4 fully saturated rings. The highest BCUT2D eigenvalue weighted by Crippen LogP contribution is 2.65. The Labute approximate surface area is 249 Å². The summed E-state index contributed by atoms with van der Waals surface area (Å²) in [5, 5.41) is 6.23. The molecule has 41 heavy (non-hydrogen) atoms. The second kappa shape index (κ2) is 15.1. The lowest BCUT2D eigenvalue weighted by Gasteiger charge is -2.64. The van der Waals surface area contributed by atoms with E-state index in [-0.39, 0.29) is 40.8 Å². The van der Waals surface area contributed by atoms with Crippen LogP contribution in [0.4, 0.5) is 0 Å². The van der Waals surface area contributed by atoms with Crippen LogP contribution < -0.4 is 22.1 Å². The van der Waals surface area contributed by atoms with Crippen LogP contribution in [0.3, 0.4) is 0 Å². The van der Waals surface area contributed by atoms with Gasteiger partial charge < -0.3 is 31.4 Å². The van der Waals surface area contributed by atoms with Crippen molar-refractivity contribution in [2.24, 2.45) is 39.6 Å². The molecule has 6 N–H and O–H groups in total. The number of amides is 2. The number of carbonyl (C=O) groups is 2. The van der Waals surface area contributed by atoms with Crippen LogP contribution in [0.1, 0.15) is 125 Å². The Hall–Kier alpha value is -1.81. The molecule has 1 saturated heterocycles. The molecule has 0 aromatic rings. The highest BCUT2D eigenvalue weighted by atomic mass is 16.7. The van der Waals surface area contributed by atoms with Gasteiger partial charge in [-0.1, -0.05) is 73.1 Å². The number of nitrogens with two attached hydrogens (primary N) is 2. The highest BCUT2D eigenvalue weighted by Gasteiger charge is 2.68. The fraction of sp³-hybridized carbons (Fsp3) is 0.903. The SMILES string of the molecule is CCCCCCCCCC(=O)N[C@@H](CCCN=C(N)N)C(=O)N[C@@H](CC(C)C)B1O[C@@H]2C[C@H]3C[C@H](C3(C)C)[C@]2(C)O1. The average molecular weight is 576 g/mol. The predicted octanol–water partition coefficient (Wildman–Crippen LogP) is 4.46. The van der Waals surface area contributed by atoms with Gasteiger partial charge >= 0.3 is 7.12 Å². The Morgan fingerprint density at radius 3 is 2.32 bits per heavy atom. The number of rotatable bonds is 18. The van der Waals surface area contributed by atoms with Gasteiger partial charge in [-0.05, 0) is 68.6 Å². The van der Waals surface area contributed by atoms with Crippen molar-refractivity contribution in [1.29, 1.82) is 0 Å². The van der Waals surface area contributed by atoms with E-state index >= 15 is 0 Å². The number of nitrogens with zero attached hydrogens (tertiary/aromatic N) is 1. The fourth-order valence-electron chi connectivity index (χ4n) is 7.38. The lowest BCUT2D eigenvalue weighted by Crippen LogP contribution is -2.65. The van der Waals surface area contributed by atoms with Gasteiger partial charge in [0.15, 0.2) is 5.96 Å². The van der Waals surface area contributed by atoms with Gasteiger partial charge in [-0.2, -0.15) is 0 Å². The lowest BCUT2D eigenvalue weighted by atomic mass is 9.43. The molecule has 2 bridgehead atoms. The number of hydrogen-bond acceptors (Lipinski definition) is 5. The molecule has 0 spiro atoms. The monoisotopic (exact) mass is 575 g/mol. The second-order valence-corrected chi connectivity index (χ2v) is 14.0. The Balaban J connectivity index is 1.61. The van der Waals surface area contributed by atoms with Crippen molar-refractivity contribution in [1.82, 2.24) is 10.6 Å². The highest BCUT2D eigenvalue weighted by molar-refractivity contribution is 6.48. The molecule has 10 heteroatoms. The van der Waals surface area contributed by atoms with Crippen LogP contribution in [-0.4, -0.2) is 55.1 Å². The molecule has 4 rings (SSSR count). The number of carbonyl (C=O) groups excluding carboxylic acids is 2. The quantitative estimate of drug-likeness (QED) is 0.0823. The van der Waals surface area contributed by atoms with E-state index in [0.717, 1.165) is 32.1 Å². The van der Waals surface area contributed by atoms with Crippen LogP contribution >= 0.6 is 0 Å². The average Bonchev–Trinajstić information content (AvgIpc) is 3.26. The third kappa shape index (κ3) is 8.85. The molecule has 6 atom stereocenters. The summed E-state index contributed by atoms with van der Waals surface area (Å²) in [6.45, 7) is 13.8. The van der Waals surface area contributed by atoms with Crippen molar-refractivity contribution in [3.05, 3.63) is 0 Å². The third-order valence-electron chi connectivity index (χ3n) is 9.95. The van der Waals surface area contributed by atoms with E-state index in [4.69, 9.17) is 20.8 Å². The van der Waals surface area contributed by atoms with Crippen molar-refractivity contribution in [2.45, 2.75) is 149 Å². The predicted molar refractivity (Wildman–Crippen MR) is 166 cm³/mol. The molecule has 3 saturated carbocycles. The molecule has 0 aromatic heterocycles. The zero-order chi connectivity index (χ0) is 30.2. The Kier molecular flexibility index (Phi) is 12.4. The van der Waals surface area contributed by atoms with Crippen LogP contribution in [0.5, 0.6) is 0 Å². The smallest absolute Gasteiger partial charge is 0.404 e. The summed E-state index contributed by atoms with van der Waals surface area (Å²) in [6, 6.07) is -0.665. The van der Waals surface area contributed by atoms with Gasteiger partial charge in [-0.3, -0.25) is 14.6 Å². The summed E-state index contributed by atoms with van der Waals surface area (Å²) < 4.78 is 13.3. The maximum atomic E-state index is 13.7. The van der Waals surface area contributed by atoms with E-state index < -0.39 is 13.2 Å². The van der Waals surface area contributed by atoms with Crippen molar-refractivity contribution in [3.8, 4) is 0 Å². The molecule has 9 nitrogen and oxygen atoms in total. The molecule has 1 aliphatic heterocycles. The zero-order valence-electron chi connectivity index (χ0n) is 26.7. The number of guanidine groups is 1. The zero-order valence-corrected chi connectivity index (χ0v) is 26.7. The van der Waals surface area contributed by atoms with E-state index in [0.29, 0.717) is 43.6 Å². The van der Waals surface area contributed by atoms with Gasteiger partial charge in [0.25, 0.3) is 0 Å². The topological polar surface area (TPSA) is 141 Å². The second-order valence-electron chi connectivity index (χ2n) is 14.0. The van der Waals surface area contributed by atoms with E-state index in [1.165, 1.54) is 32.1 Å². The molecule has 0 unspecified atom stereocenters. The van der Waals surface area contributed by atoms with Crippen LogP contribution in [0.25, 0.3) is 0 Å². The van der Waals surface area contributed by atoms with Gasteiger partial charge in [-0.25, -0.2) is 0 Å². The third-order valence-corrected chi connectivity index (χ3v) is 9.95. The van der Waals surface area contributed by atoms with Gasteiger partial charge in [0.2, 0.25) is 11.8 Å². The van der Waals surface area contributed by atoms with E-state index in [1.807, 2.05) is 0 Å². The van der Waals surface area contributed by atoms with Crippen LogP contribution in [0.2, 0.25) is 0 Å². The number of aliphatic imine (C=N–C) groups is 1. The molecule has 4 aliphatic rings. The fourth-order valence-corrected chi connectivity index (χ4v) is 7.38. The Morgan fingerprint density at radius 2 is 1.68 bits per heavy atom. The number of nitrogens with one attached hydrogen (secondary N) is 2. The van der Waals surface area contributed by atoms with Crippen LogP contribution in [-0.2, 0) is 18.9 Å². The molecule has 2 amide bonds. The normalized spacial score (nSPS) is 27.5.